The number of nitrogen functional groups attached to an aromatic ring is 1. The standard InChI is InChI=1S/C10H13FN2/c11-8-4-5-9(12)10-7(8)3-1-2-6-13-10/h4-5,13H,1-3,6,12H2. The molecule has 0 saturated heterocycles. The number of hydrogen-bond donors (Lipinski definition) is 2. The highest BCUT2D eigenvalue weighted by molar-refractivity contribution is 5.70. The Morgan fingerprint density at radius 2 is 2.15 bits per heavy atom. The molecule has 3 heteroatoms. The molecule has 0 bridgehead atoms. The highest BCUT2D eigenvalue weighted by atomic mass is 19.1. The molecule has 2 rings (SSSR count). The topological polar surface area (TPSA) is 38.0 Å². The van der Waals surface area contributed by atoms with Gasteiger partial charge in [0.15, 0.2) is 0 Å². The largest absolute Gasteiger partial charge is 0.397 e. The highest BCUT2D eigenvalue weighted by Crippen LogP contribution is 2.29. The fourth-order valence-corrected chi connectivity index (χ4v) is 1.73. The molecule has 2 nitrogen and oxygen atoms in total. The van der Waals surface area contributed by atoms with Crippen molar-refractivity contribution in [2.24, 2.45) is 0 Å². The second kappa shape index (κ2) is 3.24. The van der Waals surface area contributed by atoms with Gasteiger partial charge >= 0.3 is 0 Å². The molecule has 0 aliphatic carbocycles. The van der Waals surface area contributed by atoms with Gasteiger partial charge in [0, 0.05) is 12.1 Å². The second-order valence-corrected chi connectivity index (χ2v) is 3.37. The number of halogens is 1. The van der Waals surface area contributed by atoms with Gasteiger partial charge in [0.05, 0.1) is 11.4 Å². The lowest BCUT2D eigenvalue weighted by Gasteiger charge is -2.10. The summed E-state index contributed by atoms with van der Waals surface area (Å²) in [6.07, 6.45) is 2.90. The fraction of sp³-hybridized carbons (Fsp3) is 0.400. The van der Waals surface area contributed by atoms with Crippen molar-refractivity contribution < 1.29 is 4.39 Å². The van der Waals surface area contributed by atoms with Gasteiger partial charge in [-0.15, -0.1) is 0 Å². The Balaban J connectivity index is 2.50. The fourth-order valence-electron chi connectivity index (χ4n) is 1.73. The van der Waals surface area contributed by atoms with Crippen molar-refractivity contribution in [2.75, 3.05) is 17.6 Å². The summed E-state index contributed by atoms with van der Waals surface area (Å²) in [6.45, 7) is 0.890. The van der Waals surface area contributed by atoms with Gasteiger partial charge in [-0.25, -0.2) is 4.39 Å². The zero-order chi connectivity index (χ0) is 9.26. The van der Waals surface area contributed by atoms with Crippen LogP contribution in [0.25, 0.3) is 0 Å². The van der Waals surface area contributed by atoms with Gasteiger partial charge in [0.1, 0.15) is 5.82 Å². The summed E-state index contributed by atoms with van der Waals surface area (Å²) < 4.78 is 13.3. The van der Waals surface area contributed by atoms with E-state index in [0.29, 0.717) is 5.69 Å². The van der Waals surface area contributed by atoms with E-state index in [4.69, 9.17) is 5.73 Å². The number of hydrogen-bond acceptors (Lipinski definition) is 2. The second-order valence-electron chi connectivity index (χ2n) is 3.37. The molecular weight excluding hydrogens is 167 g/mol. The molecule has 1 aliphatic rings. The van der Waals surface area contributed by atoms with E-state index in [0.717, 1.165) is 37.1 Å². The Morgan fingerprint density at radius 3 is 3.00 bits per heavy atom. The van der Waals surface area contributed by atoms with Crippen LogP contribution >= 0.6 is 0 Å². The number of anilines is 2. The number of fused-ring (bicyclic) bond motifs is 1. The first-order valence-corrected chi connectivity index (χ1v) is 4.60. The Labute approximate surface area is 76.9 Å². The minimum Gasteiger partial charge on any atom is -0.397 e. The third-order valence-corrected chi connectivity index (χ3v) is 2.44. The molecule has 3 N–H and O–H groups in total. The molecule has 0 saturated carbocycles. The Morgan fingerprint density at radius 1 is 1.31 bits per heavy atom. The van der Waals surface area contributed by atoms with Crippen molar-refractivity contribution in [2.45, 2.75) is 19.3 Å². The summed E-state index contributed by atoms with van der Waals surface area (Å²) in [5.41, 5.74) is 7.95. The smallest absolute Gasteiger partial charge is 0.128 e. The third kappa shape index (κ3) is 1.46. The Hall–Kier alpha value is -1.25. The molecule has 13 heavy (non-hydrogen) atoms. The molecule has 1 aromatic carbocycles. The number of benzene rings is 1. The lowest BCUT2D eigenvalue weighted by Crippen LogP contribution is -2.04. The molecule has 0 unspecified atom stereocenters. The quantitative estimate of drug-likeness (QED) is 0.600. The van der Waals surface area contributed by atoms with Crippen molar-refractivity contribution in [1.29, 1.82) is 0 Å². The Bertz CT molecular complexity index is 292. The molecule has 0 spiro atoms. The first-order valence-electron chi connectivity index (χ1n) is 4.60. The monoisotopic (exact) mass is 180 g/mol. The van der Waals surface area contributed by atoms with Crippen LogP contribution in [0.4, 0.5) is 15.8 Å². The van der Waals surface area contributed by atoms with Gasteiger partial charge in [-0.05, 0) is 31.4 Å². The molecule has 1 aliphatic heterocycles. The van der Waals surface area contributed by atoms with Crippen LogP contribution < -0.4 is 11.1 Å². The van der Waals surface area contributed by atoms with Crippen molar-refractivity contribution in [3.8, 4) is 0 Å². The summed E-state index contributed by atoms with van der Waals surface area (Å²) in [5, 5.41) is 3.17. The van der Waals surface area contributed by atoms with E-state index in [1.807, 2.05) is 0 Å². The lowest BCUT2D eigenvalue weighted by molar-refractivity contribution is 0.607. The molecule has 0 fully saturated rings. The Kier molecular flexibility index (Phi) is 2.08. The van der Waals surface area contributed by atoms with E-state index in [1.165, 1.54) is 6.07 Å². The van der Waals surface area contributed by atoms with Gasteiger partial charge in [-0.1, -0.05) is 0 Å². The van der Waals surface area contributed by atoms with E-state index >= 15 is 0 Å². The zero-order valence-corrected chi connectivity index (χ0v) is 7.44. The van der Waals surface area contributed by atoms with Crippen LogP contribution in [-0.2, 0) is 6.42 Å². The molecule has 70 valence electrons. The van der Waals surface area contributed by atoms with Gasteiger partial charge in [0.25, 0.3) is 0 Å². The van der Waals surface area contributed by atoms with Crippen molar-refractivity contribution in [3.05, 3.63) is 23.5 Å². The van der Waals surface area contributed by atoms with E-state index in [1.54, 1.807) is 6.07 Å². The molecule has 0 atom stereocenters. The number of nitrogens with one attached hydrogen (secondary N) is 1. The summed E-state index contributed by atoms with van der Waals surface area (Å²) in [7, 11) is 0. The summed E-state index contributed by atoms with van der Waals surface area (Å²) in [6, 6.07) is 3.06. The normalized spacial score (nSPS) is 15.8. The SMILES string of the molecule is Nc1ccc(F)c2c1NCCCC2. The van der Waals surface area contributed by atoms with Crippen LogP contribution in [0.3, 0.4) is 0 Å². The van der Waals surface area contributed by atoms with Crippen LogP contribution in [0.1, 0.15) is 18.4 Å². The van der Waals surface area contributed by atoms with Crippen LogP contribution in [0.5, 0.6) is 0 Å². The van der Waals surface area contributed by atoms with E-state index in [9.17, 15) is 4.39 Å². The molecule has 0 amide bonds. The van der Waals surface area contributed by atoms with Crippen molar-refractivity contribution in [1.82, 2.24) is 0 Å². The maximum Gasteiger partial charge on any atom is 0.128 e. The number of nitrogens with two attached hydrogens (primary N) is 1. The van der Waals surface area contributed by atoms with Gasteiger partial charge in [-0.3, -0.25) is 0 Å². The minimum atomic E-state index is -0.140. The first-order chi connectivity index (χ1) is 6.29. The maximum atomic E-state index is 13.3. The van der Waals surface area contributed by atoms with Gasteiger partial charge in [0.2, 0.25) is 0 Å². The van der Waals surface area contributed by atoms with E-state index < -0.39 is 0 Å². The predicted molar refractivity (Wildman–Crippen MR) is 52.2 cm³/mol. The molecule has 0 aromatic heterocycles. The van der Waals surface area contributed by atoms with Crippen LogP contribution in [0.15, 0.2) is 12.1 Å². The number of rotatable bonds is 0. The van der Waals surface area contributed by atoms with Crippen LogP contribution in [0, 0.1) is 5.82 Å². The minimum absolute atomic E-state index is 0.140. The average molecular weight is 180 g/mol. The highest BCUT2D eigenvalue weighted by Gasteiger charge is 2.13. The molecule has 1 heterocycles. The van der Waals surface area contributed by atoms with E-state index in [-0.39, 0.29) is 5.82 Å². The molecule has 0 radical (unpaired) electrons. The first kappa shape index (κ1) is 8.35. The molecular formula is C10H13FN2. The third-order valence-electron chi connectivity index (χ3n) is 2.44. The predicted octanol–water partition coefficient (Wildman–Crippen LogP) is 2.16. The zero-order valence-electron chi connectivity index (χ0n) is 7.44. The van der Waals surface area contributed by atoms with E-state index in [2.05, 4.69) is 5.32 Å². The lowest BCUT2D eigenvalue weighted by atomic mass is 10.1. The summed E-state index contributed by atoms with van der Waals surface area (Å²) in [4.78, 5) is 0. The summed E-state index contributed by atoms with van der Waals surface area (Å²) >= 11 is 0. The van der Waals surface area contributed by atoms with Crippen LogP contribution in [0.2, 0.25) is 0 Å². The summed E-state index contributed by atoms with van der Waals surface area (Å²) in [5.74, 6) is -0.140. The maximum absolute atomic E-state index is 13.3. The average Bonchev–Trinajstić information content (AvgIpc) is 2.37. The van der Waals surface area contributed by atoms with Gasteiger partial charge in [-0.2, -0.15) is 0 Å². The van der Waals surface area contributed by atoms with Crippen molar-refractivity contribution >= 4 is 11.4 Å². The van der Waals surface area contributed by atoms with Crippen molar-refractivity contribution in [3.63, 3.8) is 0 Å². The van der Waals surface area contributed by atoms with Crippen LogP contribution in [-0.4, -0.2) is 6.54 Å². The molecule has 1 aromatic rings. The van der Waals surface area contributed by atoms with Gasteiger partial charge < -0.3 is 11.1 Å².